The summed E-state index contributed by atoms with van der Waals surface area (Å²) in [7, 11) is 0. The minimum Gasteiger partial charge on any atom is -0.377 e. The van der Waals surface area contributed by atoms with Crippen molar-refractivity contribution in [2.24, 2.45) is 0 Å². The van der Waals surface area contributed by atoms with E-state index in [0.717, 1.165) is 30.5 Å². The summed E-state index contributed by atoms with van der Waals surface area (Å²) in [6.07, 6.45) is 3.31. The number of hydrogen-bond donors (Lipinski definition) is 2. The third-order valence-corrected chi connectivity index (χ3v) is 2.79. The zero-order chi connectivity index (χ0) is 13.9. The molecule has 4 nitrogen and oxygen atoms in total. The van der Waals surface area contributed by atoms with E-state index in [1.54, 1.807) is 0 Å². The van der Waals surface area contributed by atoms with Crippen LogP contribution < -0.4 is 10.6 Å². The zero-order valence-electron chi connectivity index (χ0n) is 11.9. The molecule has 1 aromatic carbocycles. The quantitative estimate of drug-likeness (QED) is 0.706. The molecule has 0 aromatic heterocycles. The molecule has 1 rings (SSSR count). The molecule has 0 radical (unpaired) electrons. The Morgan fingerprint density at radius 1 is 1.21 bits per heavy atom. The van der Waals surface area contributed by atoms with Gasteiger partial charge in [0.1, 0.15) is 0 Å². The van der Waals surface area contributed by atoms with Gasteiger partial charge in [-0.2, -0.15) is 0 Å². The first-order chi connectivity index (χ1) is 9.27. The fourth-order valence-corrected chi connectivity index (χ4v) is 1.72. The molecule has 0 spiro atoms. The van der Waals surface area contributed by atoms with Crippen LogP contribution >= 0.6 is 0 Å². The predicted molar refractivity (Wildman–Crippen MR) is 78.3 cm³/mol. The minimum absolute atomic E-state index is 0.153. The highest BCUT2D eigenvalue weighted by atomic mass is 16.5. The number of anilines is 1. The molecule has 4 heteroatoms. The van der Waals surface area contributed by atoms with Crippen molar-refractivity contribution in [3.05, 3.63) is 29.8 Å². The van der Waals surface area contributed by atoms with Gasteiger partial charge >= 0.3 is 6.03 Å². The molecule has 106 valence electrons. The van der Waals surface area contributed by atoms with Crippen molar-refractivity contribution < 1.29 is 9.53 Å². The van der Waals surface area contributed by atoms with E-state index in [9.17, 15) is 4.79 Å². The van der Waals surface area contributed by atoms with Crippen LogP contribution in [-0.4, -0.2) is 19.2 Å². The standard InChI is InChI=1S/C15H24N2O2/c1-3-5-8-11-16-15(18)17-14-10-7-6-9-13(14)12-19-4-2/h6-7,9-10H,3-5,8,11-12H2,1-2H3,(H2,16,17,18). The molecule has 0 bridgehead atoms. The van der Waals surface area contributed by atoms with Crippen LogP contribution in [0.5, 0.6) is 0 Å². The van der Waals surface area contributed by atoms with E-state index in [1.165, 1.54) is 0 Å². The van der Waals surface area contributed by atoms with Gasteiger partial charge in [0, 0.05) is 24.4 Å². The van der Waals surface area contributed by atoms with Crippen LogP contribution in [-0.2, 0) is 11.3 Å². The topological polar surface area (TPSA) is 50.4 Å². The van der Waals surface area contributed by atoms with Gasteiger partial charge in [-0.05, 0) is 19.4 Å². The fourth-order valence-electron chi connectivity index (χ4n) is 1.72. The van der Waals surface area contributed by atoms with Gasteiger partial charge in [0.15, 0.2) is 0 Å². The van der Waals surface area contributed by atoms with Crippen LogP contribution in [0.4, 0.5) is 10.5 Å². The number of benzene rings is 1. The number of ether oxygens (including phenoxy) is 1. The van der Waals surface area contributed by atoms with E-state index in [0.29, 0.717) is 19.8 Å². The largest absolute Gasteiger partial charge is 0.377 e. The molecule has 0 unspecified atom stereocenters. The number of carbonyl (C=O) groups is 1. The van der Waals surface area contributed by atoms with Gasteiger partial charge in [-0.3, -0.25) is 0 Å². The van der Waals surface area contributed by atoms with E-state index >= 15 is 0 Å². The Morgan fingerprint density at radius 3 is 2.74 bits per heavy atom. The maximum Gasteiger partial charge on any atom is 0.319 e. The Bertz CT molecular complexity index is 380. The zero-order valence-corrected chi connectivity index (χ0v) is 11.9. The van der Waals surface area contributed by atoms with Gasteiger partial charge in [0.25, 0.3) is 0 Å². The van der Waals surface area contributed by atoms with Crippen LogP contribution in [0.3, 0.4) is 0 Å². The SMILES string of the molecule is CCCCCNC(=O)Nc1ccccc1COCC. The van der Waals surface area contributed by atoms with E-state index in [2.05, 4.69) is 17.6 Å². The third-order valence-electron chi connectivity index (χ3n) is 2.79. The Labute approximate surface area is 115 Å². The number of carbonyl (C=O) groups excluding carboxylic acids is 1. The maximum absolute atomic E-state index is 11.7. The first-order valence-corrected chi connectivity index (χ1v) is 6.98. The van der Waals surface area contributed by atoms with Crippen LogP contribution in [0.25, 0.3) is 0 Å². The summed E-state index contributed by atoms with van der Waals surface area (Å²) in [6.45, 7) is 5.99. The van der Waals surface area contributed by atoms with Gasteiger partial charge < -0.3 is 15.4 Å². The Balaban J connectivity index is 2.44. The van der Waals surface area contributed by atoms with E-state index in [1.807, 2.05) is 31.2 Å². The van der Waals surface area contributed by atoms with Gasteiger partial charge in [0.2, 0.25) is 0 Å². The smallest absolute Gasteiger partial charge is 0.319 e. The number of amides is 2. The van der Waals surface area contributed by atoms with E-state index in [4.69, 9.17) is 4.74 Å². The minimum atomic E-state index is -0.153. The fraction of sp³-hybridized carbons (Fsp3) is 0.533. The summed E-state index contributed by atoms with van der Waals surface area (Å²) in [6, 6.07) is 7.54. The molecule has 0 saturated carbocycles. The summed E-state index contributed by atoms with van der Waals surface area (Å²) < 4.78 is 5.38. The first kappa shape index (κ1) is 15.5. The first-order valence-electron chi connectivity index (χ1n) is 6.98. The number of para-hydroxylation sites is 1. The number of unbranched alkanes of at least 4 members (excludes halogenated alkanes) is 2. The van der Waals surface area contributed by atoms with Gasteiger partial charge in [-0.15, -0.1) is 0 Å². The molecule has 0 aliphatic carbocycles. The molecule has 0 aliphatic rings. The summed E-state index contributed by atoms with van der Waals surface area (Å²) in [5.74, 6) is 0. The second kappa shape index (κ2) is 9.39. The highest BCUT2D eigenvalue weighted by Crippen LogP contribution is 2.15. The highest BCUT2D eigenvalue weighted by molar-refractivity contribution is 5.90. The lowest BCUT2D eigenvalue weighted by Gasteiger charge is -2.11. The number of nitrogens with one attached hydrogen (secondary N) is 2. The van der Waals surface area contributed by atoms with Crippen molar-refractivity contribution in [1.29, 1.82) is 0 Å². The van der Waals surface area contributed by atoms with Crippen molar-refractivity contribution >= 4 is 11.7 Å². The van der Waals surface area contributed by atoms with Crippen LogP contribution in [0.15, 0.2) is 24.3 Å². The van der Waals surface area contributed by atoms with E-state index < -0.39 is 0 Å². The Kier molecular flexibility index (Phi) is 7.66. The van der Waals surface area contributed by atoms with Crippen LogP contribution in [0, 0.1) is 0 Å². The van der Waals surface area contributed by atoms with Crippen molar-refractivity contribution in [3.63, 3.8) is 0 Å². The number of urea groups is 1. The molecular formula is C15H24N2O2. The monoisotopic (exact) mass is 264 g/mol. The predicted octanol–water partition coefficient (Wildman–Crippen LogP) is 3.53. The molecule has 0 saturated heterocycles. The van der Waals surface area contributed by atoms with Crippen molar-refractivity contribution in [2.45, 2.75) is 39.7 Å². The number of rotatable bonds is 8. The van der Waals surface area contributed by atoms with Crippen molar-refractivity contribution in [2.75, 3.05) is 18.5 Å². The van der Waals surface area contributed by atoms with Gasteiger partial charge in [-0.1, -0.05) is 38.0 Å². The molecule has 1 aromatic rings. The van der Waals surface area contributed by atoms with Crippen LogP contribution in [0.2, 0.25) is 0 Å². The van der Waals surface area contributed by atoms with Gasteiger partial charge in [0.05, 0.1) is 6.61 Å². The van der Waals surface area contributed by atoms with Gasteiger partial charge in [-0.25, -0.2) is 4.79 Å². The van der Waals surface area contributed by atoms with Crippen molar-refractivity contribution in [3.8, 4) is 0 Å². The lowest BCUT2D eigenvalue weighted by molar-refractivity contribution is 0.134. The second-order valence-electron chi connectivity index (χ2n) is 4.38. The van der Waals surface area contributed by atoms with Crippen LogP contribution in [0.1, 0.15) is 38.7 Å². The Hall–Kier alpha value is -1.55. The molecule has 19 heavy (non-hydrogen) atoms. The molecule has 2 N–H and O–H groups in total. The molecule has 2 amide bonds. The average molecular weight is 264 g/mol. The molecule has 0 aliphatic heterocycles. The molecular weight excluding hydrogens is 240 g/mol. The lowest BCUT2D eigenvalue weighted by atomic mass is 10.2. The van der Waals surface area contributed by atoms with Crippen molar-refractivity contribution in [1.82, 2.24) is 5.32 Å². The highest BCUT2D eigenvalue weighted by Gasteiger charge is 2.05. The summed E-state index contributed by atoms with van der Waals surface area (Å²) in [5, 5.41) is 5.72. The summed E-state index contributed by atoms with van der Waals surface area (Å²) in [4.78, 5) is 11.7. The number of hydrogen-bond acceptors (Lipinski definition) is 2. The molecule has 0 heterocycles. The maximum atomic E-state index is 11.7. The average Bonchev–Trinajstić information content (AvgIpc) is 2.43. The second-order valence-corrected chi connectivity index (χ2v) is 4.38. The summed E-state index contributed by atoms with van der Waals surface area (Å²) in [5.41, 5.74) is 1.80. The molecule has 0 atom stereocenters. The summed E-state index contributed by atoms with van der Waals surface area (Å²) >= 11 is 0. The normalized spacial score (nSPS) is 10.2. The Morgan fingerprint density at radius 2 is 2.00 bits per heavy atom. The third kappa shape index (κ3) is 6.25. The van der Waals surface area contributed by atoms with E-state index in [-0.39, 0.29) is 6.03 Å². The lowest BCUT2D eigenvalue weighted by Crippen LogP contribution is -2.29. The molecule has 0 fully saturated rings.